The number of hydrogen-bond donors (Lipinski definition) is 2. The van der Waals surface area contributed by atoms with E-state index in [1.54, 1.807) is 48.5 Å². The molecule has 0 unspecified atom stereocenters. The van der Waals surface area contributed by atoms with Crippen LogP contribution in [0.15, 0.2) is 66.7 Å². The Hall–Kier alpha value is -5.26. The fourth-order valence-electron chi connectivity index (χ4n) is 5.35. The minimum Gasteiger partial charge on any atom is -0.493 e. The van der Waals surface area contributed by atoms with Crippen LogP contribution in [0.25, 0.3) is 17.0 Å². The minimum absolute atomic E-state index is 0.291. The van der Waals surface area contributed by atoms with Gasteiger partial charge < -0.3 is 29.7 Å². The molecule has 2 N–H and O–H groups in total. The molecule has 0 radical (unpaired) electrons. The number of methoxy groups -OCH3 is 3. The molecule has 0 aliphatic carbocycles. The Kier molecular flexibility index (Phi) is 9.64. The Morgan fingerprint density at radius 2 is 1.57 bits per heavy atom. The fourth-order valence-corrected chi connectivity index (χ4v) is 5.35. The lowest BCUT2D eigenvalue weighted by Gasteiger charge is -2.30. The topological polar surface area (TPSA) is 102 Å². The molecule has 5 rings (SSSR count). The van der Waals surface area contributed by atoms with Gasteiger partial charge in [0.25, 0.3) is 0 Å². The number of fused-ring (bicyclic) bond motifs is 1. The zero-order valence-corrected chi connectivity index (χ0v) is 25.5. The van der Waals surface area contributed by atoms with Crippen molar-refractivity contribution >= 4 is 45.9 Å². The maximum absolute atomic E-state index is 13.5. The lowest BCUT2D eigenvalue weighted by Crippen LogP contribution is -2.29. The van der Waals surface area contributed by atoms with Gasteiger partial charge in [0.2, 0.25) is 5.75 Å². The maximum Gasteiger partial charge on any atom is 0.416 e. The van der Waals surface area contributed by atoms with Gasteiger partial charge in [-0.3, -0.25) is 4.79 Å². The second kappa shape index (κ2) is 13.8. The number of aromatic nitrogens is 1. The Morgan fingerprint density at radius 3 is 2.22 bits per heavy atom. The second-order valence-electron chi connectivity index (χ2n) is 10.6. The number of piperidine rings is 1. The van der Waals surface area contributed by atoms with Crippen molar-refractivity contribution in [2.75, 3.05) is 50.0 Å². The van der Waals surface area contributed by atoms with Crippen molar-refractivity contribution in [2.24, 2.45) is 0 Å². The van der Waals surface area contributed by atoms with Crippen LogP contribution in [0, 0.1) is 0 Å². The van der Waals surface area contributed by atoms with Gasteiger partial charge in [0.05, 0.1) is 43.8 Å². The summed E-state index contributed by atoms with van der Waals surface area (Å²) in [4.78, 5) is 32.3. The number of amides is 2. The van der Waals surface area contributed by atoms with Crippen molar-refractivity contribution in [2.45, 2.75) is 25.4 Å². The molecule has 12 heteroatoms. The maximum atomic E-state index is 13.5. The van der Waals surface area contributed by atoms with Crippen molar-refractivity contribution in [3.63, 3.8) is 0 Å². The van der Waals surface area contributed by atoms with Gasteiger partial charge >= 0.3 is 12.2 Å². The van der Waals surface area contributed by atoms with E-state index >= 15 is 0 Å². The van der Waals surface area contributed by atoms with Gasteiger partial charge in [-0.1, -0.05) is 0 Å². The number of anilines is 3. The molecule has 1 aromatic heterocycles. The van der Waals surface area contributed by atoms with Crippen molar-refractivity contribution in [3.8, 4) is 17.2 Å². The van der Waals surface area contributed by atoms with Crippen molar-refractivity contribution in [1.82, 2.24) is 4.98 Å². The SMILES string of the molecule is COc1ccc(NC(=O)Nc2ccc(C(=O)C=Cc3cc(N4CCCCC4)c4cc(C(F)(F)F)ccc4n3)cc2)c(OC)c1OC. The number of ketones is 1. The first-order valence-electron chi connectivity index (χ1n) is 14.6. The first-order valence-corrected chi connectivity index (χ1v) is 14.6. The summed E-state index contributed by atoms with van der Waals surface area (Å²) in [6.07, 6.45) is 1.43. The highest BCUT2D eigenvalue weighted by Crippen LogP contribution is 2.42. The number of carbonyl (C=O) groups is 2. The van der Waals surface area contributed by atoms with Crippen LogP contribution >= 0.6 is 0 Å². The summed E-state index contributed by atoms with van der Waals surface area (Å²) in [5.41, 5.74) is 2.00. The number of ether oxygens (including phenoxy) is 3. The van der Waals surface area contributed by atoms with Gasteiger partial charge in [0.1, 0.15) is 0 Å². The van der Waals surface area contributed by atoms with E-state index in [1.165, 1.54) is 33.5 Å². The molecule has 2 amide bonds. The Labute approximate surface area is 264 Å². The highest BCUT2D eigenvalue weighted by molar-refractivity contribution is 6.07. The molecule has 0 saturated carbocycles. The third-order valence-electron chi connectivity index (χ3n) is 7.62. The fraction of sp³-hybridized carbons (Fsp3) is 0.265. The second-order valence-corrected chi connectivity index (χ2v) is 10.6. The molecular formula is C34H33F3N4O5. The molecule has 240 valence electrons. The molecular weight excluding hydrogens is 601 g/mol. The van der Waals surface area contributed by atoms with Crippen LogP contribution in [0.5, 0.6) is 17.2 Å². The van der Waals surface area contributed by atoms with Gasteiger partial charge in [0.15, 0.2) is 17.3 Å². The predicted octanol–water partition coefficient (Wildman–Crippen LogP) is 7.81. The van der Waals surface area contributed by atoms with Crippen molar-refractivity contribution in [1.29, 1.82) is 0 Å². The lowest BCUT2D eigenvalue weighted by atomic mass is 10.0. The molecule has 2 heterocycles. The van der Waals surface area contributed by atoms with E-state index in [9.17, 15) is 22.8 Å². The number of nitrogens with zero attached hydrogens (tertiary/aromatic N) is 2. The number of hydrogen-bond acceptors (Lipinski definition) is 7. The summed E-state index contributed by atoms with van der Waals surface area (Å²) in [6, 6.07) is 14.3. The Balaban J connectivity index is 1.30. The number of benzene rings is 3. The van der Waals surface area contributed by atoms with E-state index < -0.39 is 17.8 Å². The summed E-state index contributed by atoms with van der Waals surface area (Å²) < 4.78 is 56.4. The number of allylic oxidation sites excluding steroid dienone is 1. The van der Waals surface area contributed by atoms with Crippen LogP contribution in [0.4, 0.5) is 35.0 Å². The van der Waals surface area contributed by atoms with E-state index in [1.807, 2.05) is 0 Å². The smallest absolute Gasteiger partial charge is 0.416 e. The molecule has 9 nitrogen and oxygen atoms in total. The first kappa shape index (κ1) is 32.1. The van der Waals surface area contributed by atoms with Crippen LogP contribution in [-0.4, -0.2) is 51.2 Å². The Morgan fingerprint density at radius 1 is 0.848 bits per heavy atom. The summed E-state index contributed by atoms with van der Waals surface area (Å²) >= 11 is 0. The number of nitrogens with one attached hydrogen (secondary N) is 2. The average Bonchev–Trinajstić information content (AvgIpc) is 3.06. The molecule has 4 aromatic rings. The molecule has 1 saturated heterocycles. The van der Waals surface area contributed by atoms with Crippen molar-refractivity contribution < 1.29 is 37.0 Å². The third-order valence-corrected chi connectivity index (χ3v) is 7.62. The number of urea groups is 1. The van der Waals surface area contributed by atoms with E-state index in [0.29, 0.717) is 56.5 Å². The number of rotatable bonds is 9. The minimum atomic E-state index is -4.47. The largest absolute Gasteiger partial charge is 0.493 e. The van der Waals surface area contributed by atoms with Gasteiger partial charge in [-0.15, -0.1) is 0 Å². The van der Waals surface area contributed by atoms with Crippen LogP contribution in [-0.2, 0) is 6.18 Å². The third kappa shape index (κ3) is 7.17. The van der Waals surface area contributed by atoms with Crippen LogP contribution in [0.3, 0.4) is 0 Å². The number of pyridine rings is 1. The molecule has 0 spiro atoms. The standard InChI is InChI=1S/C34H33F3N4O5/c1-44-30-16-14-27(31(45-2)32(30)46-3)40-33(43)39-23-10-7-21(8-11-23)29(42)15-12-24-20-28(41-17-5-4-6-18-41)25-19-22(34(35,36)37)9-13-26(25)38-24/h7-16,19-20H,4-6,17-18H2,1-3H3,(H2,39,40,43). The van der Waals surface area contributed by atoms with Crippen LogP contribution in [0.2, 0.25) is 0 Å². The zero-order chi connectivity index (χ0) is 32.8. The quantitative estimate of drug-likeness (QED) is 0.143. The number of alkyl halides is 3. The highest BCUT2D eigenvalue weighted by atomic mass is 19.4. The molecule has 0 atom stereocenters. The number of carbonyl (C=O) groups excluding carboxylic acids is 2. The monoisotopic (exact) mass is 634 g/mol. The van der Waals surface area contributed by atoms with E-state index in [2.05, 4.69) is 20.5 Å². The average molecular weight is 635 g/mol. The van der Waals surface area contributed by atoms with E-state index in [-0.39, 0.29) is 5.78 Å². The van der Waals surface area contributed by atoms with Crippen LogP contribution in [0.1, 0.15) is 40.9 Å². The molecule has 0 bridgehead atoms. The predicted molar refractivity (Wildman–Crippen MR) is 171 cm³/mol. The molecule has 1 aliphatic heterocycles. The summed E-state index contributed by atoms with van der Waals surface area (Å²) in [5.74, 6) is 0.758. The highest BCUT2D eigenvalue weighted by Gasteiger charge is 2.31. The van der Waals surface area contributed by atoms with E-state index in [0.717, 1.165) is 44.5 Å². The van der Waals surface area contributed by atoms with E-state index in [4.69, 9.17) is 14.2 Å². The van der Waals surface area contributed by atoms with Gasteiger partial charge in [-0.25, -0.2) is 9.78 Å². The Bertz CT molecular complexity index is 1770. The summed E-state index contributed by atoms with van der Waals surface area (Å²) in [7, 11) is 4.40. The van der Waals surface area contributed by atoms with Gasteiger partial charge in [-0.05, 0) is 92.1 Å². The normalized spacial score (nSPS) is 13.5. The van der Waals surface area contributed by atoms with Crippen LogP contribution < -0.4 is 29.7 Å². The zero-order valence-electron chi connectivity index (χ0n) is 25.5. The molecule has 46 heavy (non-hydrogen) atoms. The molecule has 3 aromatic carbocycles. The van der Waals surface area contributed by atoms with Gasteiger partial charge in [0, 0.05) is 35.4 Å². The molecule has 1 fully saturated rings. The van der Waals surface area contributed by atoms with Gasteiger partial charge in [-0.2, -0.15) is 13.2 Å². The summed E-state index contributed by atoms with van der Waals surface area (Å²) in [5, 5.41) is 5.84. The lowest BCUT2D eigenvalue weighted by molar-refractivity contribution is -0.137. The first-order chi connectivity index (χ1) is 22.1. The molecule has 1 aliphatic rings. The summed E-state index contributed by atoms with van der Waals surface area (Å²) in [6.45, 7) is 1.47. The van der Waals surface area contributed by atoms with Crippen molar-refractivity contribution in [3.05, 3.63) is 83.6 Å². The number of halogens is 3.